The van der Waals surface area contributed by atoms with Crippen molar-refractivity contribution in [3.05, 3.63) is 22.7 Å². The molecule has 4 heteroatoms. The van der Waals surface area contributed by atoms with E-state index in [0.29, 0.717) is 16.6 Å². The summed E-state index contributed by atoms with van der Waals surface area (Å²) in [5.74, 6) is 0.596. The molecule has 1 atom stereocenters. The third kappa shape index (κ3) is 3.37. The molecule has 0 aliphatic rings. The van der Waals surface area contributed by atoms with Gasteiger partial charge in [-0.2, -0.15) is 0 Å². The number of benzene rings is 1. The van der Waals surface area contributed by atoms with Gasteiger partial charge in [0.25, 0.3) is 0 Å². The number of anilines is 2. The van der Waals surface area contributed by atoms with Crippen LogP contribution in [-0.2, 0) is 0 Å². The summed E-state index contributed by atoms with van der Waals surface area (Å²) in [5.41, 5.74) is 8.08. The van der Waals surface area contributed by atoms with Gasteiger partial charge in [-0.15, -0.1) is 0 Å². The number of hydrogen-bond donors (Lipinski definition) is 2. The first-order valence-electron chi connectivity index (χ1n) is 5.80. The fraction of sp³-hybridized carbons (Fsp3) is 0.462. The molecule has 3 N–H and O–H groups in total. The van der Waals surface area contributed by atoms with Crippen LogP contribution in [-0.4, -0.2) is 19.8 Å². The van der Waals surface area contributed by atoms with Crippen molar-refractivity contribution in [2.45, 2.75) is 20.3 Å². The van der Waals surface area contributed by atoms with Crippen LogP contribution in [0.3, 0.4) is 0 Å². The minimum Gasteiger partial charge on any atom is -0.398 e. The monoisotopic (exact) mass is 253 g/mol. The normalized spacial score (nSPS) is 12.2. The Bertz CT molecular complexity index is 404. The van der Waals surface area contributed by atoms with E-state index < -0.39 is 0 Å². The fourth-order valence-corrected chi connectivity index (χ4v) is 2.01. The molecular weight excluding hydrogens is 234 g/mol. The Morgan fingerprint density at radius 3 is 2.71 bits per heavy atom. The molecule has 17 heavy (non-hydrogen) atoms. The van der Waals surface area contributed by atoms with E-state index in [2.05, 4.69) is 18.7 Å². The zero-order valence-corrected chi connectivity index (χ0v) is 11.4. The third-order valence-corrected chi connectivity index (χ3v) is 3.21. The van der Waals surface area contributed by atoms with E-state index in [4.69, 9.17) is 22.7 Å². The molecule has 0 heterocycles. The first-order valence-corrected chi connectivity index (χ1v) is 6.18. The largest absolute Gasteiger partial charge is 0.398 e. The predicted molar refractivity (Wildman–Crippen MR) is 76.5 cm³/mol. The maximum absolute atomic E-state index is 7.44. The molecule has 94 valence electrons. The van der Waals surface area contributed by atoms with Crippen molar-refractivity contribution in [1.82, 2.24) is 0 Å². The van der Waals surface area contributed by atoms with Crippen molar-refractivity contribution in [3.63, 3.8) is 0 Å². The summed E-state index contributed by atoms with van der Waals surface area (Å²) in [4.78, 5) is 2.11. The van der Waals surface area contributed by atoms with Gasteiger partial charge in [0.05, 0.1) is 0 Å². The maximum Gasteiger partial charge on any atom is 0.0488 e. The van der Waals surface area contributed by atoms with Crippen LogP contribution in [0.2, 0.25) is 5.02 Å². The second-order valence-corrected chi connectivity index (χ2v) is 4.90. The van der Waals surface area contributed by atoms with Gasteiger partial charge in [-0.1, -0.05) is 31.9 Å². The zero-order chi connectivity index (χ0) is 13.0. The van der Waals surface area contributed by atoms with Gasteiger partial charge in [0.2, 0.25) is 0 Å². The standard InChI is InChI=1S/C13H20ClN3/c1-4-9(2)8-17(3)13-6-10(14)5-12(16)11(13)7-15/h5-7,9,15H,4,8,16H2,1-3H3/t9-/m1/s1. The minimum atomic E-state index is 0.554. The summed E-state index contributed by atoms with van der Waals surface area (Å²) < 4.78 is 0. The molecule has 0 spiro atoms. The Hall–Kier alpha value is -1.22. The fourth-order valence-electron chi connectivity index (χ4n) is 1.79. The quantitative estimate of drug-likeness (QED) is 0.624. The number of nitrogens with one attached hydrogen (secondary N) is 1. The predicted octanol–water partition coefficient (Wildman–Crippen LogP) is 3.40. The van der Waals surface area contributed by atoms with Crippen molar-refractivity contribution in [3.8, 4) is 0 Å². The number of nitrogens with zero attached hydrogens (tertiary/aromatic N) is 1. The van der Waals surface area contributed by atoms with Gasteiger partial charge >= 0.3 is 0 Å². The average Bonchev–Trinajstić information content (AvgIpc) is 2.27. The van der Waals surface area contributed by atoms with Crippen LogP contribution in [0.25, 0.3) is 0 Å². The zero-order valence-electron chi connectivity index (χ0n) is 10.6. The highest BCUT2D eigenvalue weighted by molar-refractivity contribution is 6.31. The van der Waals surface area contributed by atoms with Crippen LogP contribution in [0.5, 0.6) is 0 Å². The Labute approximate surface area is 108 Å². The van der Waals surface area contributed by atoms with E-state index in [1.165, 1.54) is 6.21 Å². The summed E-state index contributed by atoms with van der Waals surface area (Å²) in [5, 5.41) is 8.05. The van der Waals surface area contributed by atoms with Crippen molar-refractivity contribution in [1.29, 1.82) is 5.41 Å². The number of hydrogen-bond acceptors (Lipinski definition) is 3. The highest BCUT2D eigenvalue weighted by atomic mass is 35.5. The molecule has 0 saturated carbocycles. The molecule has 0 radical (unpaired) electrons. The van der Waals surface area contributed by atoms with Crippen LogP contribution in [0.1, 0.15) is 25.8 Å². The van der Waals surface area contributed by atoms with Gasteiger partial charge in [-0.05, 0) is 18.1 Å². The number of nitrogen functional groups attached to an aromatic ring is 1. The SMILES string of the molecule is CC[C@@H](C)CN(C)c1cc(Cl)cc(N)c1C=N. The molecule has 0 aromatic heterocycles. The second kappa shape index (κ2) is 5.92. The summed E-state index contributed by atoms with van der Waals surface area (Å²) >= 11 is 6.01. The van der Waals surface area contributed by atoms with Crippen LogP contribution < -0.4 is 10.6 Å². The van der Waals surface area contributed by atoms with E-state index >= 15 is 0 Å². The number of rotatable bonds is 5. The van der Waals surface area contributed by atoms with Gasteiger partial charge < -0.3 is 16.0 Å². The molecule has 0 amide bonds. The minimum absolute atomic E-state index is 0.554. The van der Waals surface area contributed by atoms with Gasteiger partial charge in [0.15, 0.2) is 0 Å². The maximum atomic E-state index is 7.44. The molecule has 0 bridgehead atoms. The number of halogens is 1. The van der Waals surface area contributed by atoms with Gasteiger partial charge in [-0.25, -0.2) is 0 Å². The first kappa shape index (κ1) is 13.8. The van der Waals surface area contributed by atoms with E-state index in [-0.39, 0.29) is 0 Å². The highest BCUT2D eigenvalue weighted by Crippen LogP contribution is 2.28. The van der Waals surface area contributed by atoms with E-state index in [9.17, 15) is 0 Å². The lowest BCUT2D eigenvalue weighted by atomic mass is 10.1. The molecule has 0 aliphatic heterocycles. The summed E-state index contributed by atoms with van der Waals surface area (Å²) in [6, 6.07) is 3.54. The van der Waals surface area contributed by atoms with Crippen molar-refractivity contribution in [2.24, 2.45) is 5.92 Å². The lowest BCUT2D eigenvalue weighted by molar-refractivity contribution is 0.560. The van der Waals surface area contributed by atoms with Gasteiger partial charge in [0, 0.05) is 41.8 Å². The van der Waals surface area contributed by atoms with Crippen molar-refractivity contribution < 1.29 is 0 Å². The lowest BCUT2D eigenvalue weighted by Crippen LogP contribution is -2.25. The third-order valence-electron chi connectivity index (χ3n) is 2.99. The Morgan fingerprint density at radius 2 is 2.18 bits per heavy atom. The molecule has 0 unspecified atom stereocenters. The molecule has 1 aromatic carbocycles. The molecule has 0 aliphatic carbocycles. The molecule has 1 rings (SSSR count). The Morgan fingerprint density at radius 1 is 1.53 bits per heavy atom. The van der Waals surface area contributed by atoms with E-state index in [1.54, 1.807) is 6.07 Å². The molecular formula is C13H20ClN3. The van der Waals surface area contributed by atoms with Crippen LogP contribution in [0.15, 0.2) is 12.1 Å². The molecule has 1 aromatic rings. The Balaban J connectivity index is 3.07. The van der Waals surface area contributed by atoms with E-state index in [1.807, 2.05) is 13.1 Å². The molecule has 0 saturated heterocycles. The summed E-state index contributed by atoms with van der Waals surface area (Å²) in [6.45, 7) is 5.30. The lowest BCUT2D eigenvalue weighted by Gasteiger charge is -2.25. The van der Waals surface area contributed by atoms with Crippen molar-refractivity contribution in [2.75, 3.05) is 24.2 Å². The van der Waals surface area contributed by atoms with Crippen LogP contribution >= 0.6 is 11.6 Å². The van der Waals surface area contributed by atoms with Crippen LogP contribution in [0, 0.1) is 11.3 Å². The van der Waals surface area contributed by atoms with Gasteiger partial charge in [-0.3, -0.25) is 0 Å². The Kier molecular flexibility index (Phi) is 4.82. The van der Waals surface area contributed by atoms with Crippen molar-refractivity contribution >= 4 is 29.2 Å². The number of nitrogens with two attached hydrogens (primary N) is 1. The highest BCUT2D eigenvalue weighted by Gasteiger charge is 2.12. The first-order chi connectivity index (χ1) is 7.99. The topological polar surface area (TPSA) is 53.1 Å². The van der Waals surface area contributed by atoms with Gasteiger partial charge in [0.1, 0.15) is 0 Å². The second-order valence-electron chi connectivity index (χ2n) is 4.47. The summed E-state index contributed by atoms with van der Waals surface area (Å²) in [6.07, 6.45) is 2.41. The molecule has 0 fully saturated rings. The summed E-state index contributed by atoms with van der Waals surface area (Å²) in [7, 11) is 2.00. The van der Waals surface area contributed by atoms with Crippen LogP contribution in [0.4, 0.5) is 11.4 Å². The molecule has 3 nitrogen and oxygen atoms in total. The smallest absolute Gasteiger partial charge is 0.0488 e. The van der Waals surface area contributed by atoms with E-state index in [0.717, 1.165) is 24.2 Å². The average molecular weight is 254 g/mol.